The summed E-state index contributed by atoms with van der Waals surface area (Å²) in [7, 11) is 0. The summed E-state index contributed by atoms with van der Waals surface area (Å²) in [6.07, 6.45) is 3.55. The van der Waals surface area contributed by atoms with Crippen molar-refractivity contribution in [2.24, 2.45) is 0 Å². The van der Waals surface area contributed by atoms with Gasteiger partial charge in [0.1, 0.15) is 11.6 Å². The highest BCUT2D eigenvalue weighted by atomic mass is 19.1. The minimum Gasteiger partial charge on any atom is -0.348 e. The summed E-state index contributed by atoms with van der Waals surface area (Å²) in [5.41, 5.74) is 1.88. The van der Waals surface area contributed by atoms with E-state index in [0.29, 0.717) is 6.54 Å². The summed E-state index contributed by atoms with van der Waals surface area (Å²) in [6, 6.07) is 12.2. The van der Waals surface area contributed by atoms with E-state index in [1.54, 1.807) is 10.9 Å². The summed E-state index contributed by atoms with van der Waals surface area (Å²) in [6.45, 7) is 0.835. The van der Waals surface area contributed by atoms with Gasteiger partial charge < -0.3 is 5.32 Å². The molecule has 0 atom stereocenters. The molecule has 0 fully saturated rings. The molecule has 1 N–H and O–H groups in total. The predicted molar refractivity (Wildman–Crippen MR) is 85.3 cm³/mol. The maximum absolute atomic E-state index is 13.2. The SMILES string of the molecule is O=C(NCc1ccccc1Cn1cccn1)c1cc(F)cc(F)c1. The molecule has 0 bridgehead atoms. The van der Waals surface area contributed by atoms with E-state index in [1.165, 1.54) is 0 Å². The Balaban J connectivity index is 1.71. The summed E-state index contributed by atoms with van der Waals surface area (Å²) >= 11 is 0. The van der Waals surface area contributed by atoms with E-state index >= 15 is 0 Å². The molecule has 0 saturated carbocycles. The van der Waals surface area contributed by atoms with Crippen molar-refractivity contribution in [3.63, 3.8) is 0 Å². The molecule has 2 aromatic carbocycles. The summed E-state index contributed by atoms with van der Waals surface area (Å²) in [4.78, 5) is 12.1. The molecule has 0 saturated heterocycles. The van der Waals surface area contributed by atoms with E-state index in [4.69, 9.17) is 0 Å². The van der Waals surface area contributed by atoms with Crippen molar-refractivity contribution in [2.75, 3.05) is 0 Å². The van der Waals surface area contributed by atoms with E-state index < -0.39 is 17.5 Å². The second-order valence-electron chi connectivity index (χ2n) is 5.31. The van der Waals surface area contributed by atoms with Crippen LogP contribution in [-0.4, -0.2) is 15.7 Å². The van der Waals surface area contributed by atoms with Crippen molar-refractivity contribution in [2.45, 2.75) is 13.1 Å². The number of carbonyl (C=O) groups excluding carboxylic acids is 1. The van der Waals surface area contributed by atoms with E-state index in [0.717, 1.165) is 29.3 Å². The molecule has 24 heavy (non-hydrogen) atoms. The number of hydrogen-bond donors (Lipinski definition) is 1. The molecule has 1 aromatic heterocycles. The number of carbonyl (C=O) groups is 1. The Morgan fingerprint density at radius 2 is 1.75 bits per heavy atom. The molecule has 4 nitrogen and oxygen atoms in total. The smallest absolute Gasteiger partial charge is 0.251 e. The molecular formula is C18H15F2N3O. The van der Waals surface area contributed by atoms with Gasteiger partial charge in [-0.15, -0.1) is 0 Å². The minimum absolute atomic E-state index is 0.0444. The zero-order valence-electron chi connectivity index (χ0n) is 12.7. The van der Waals surface area contributed by atoms with Gasteiger partial charge in [0.2, 0.25) is 0 Å². The standard InChI is InChI=1S/C18H15F2N3O/c19-16-8-15(9-17(20)10-16)18(24)21-11-13-4-1-2-5-14(13)12-23-7-3-6-22-23/h1-10H,11-12H2,(H,21,24). The number of nitrogens with zero attached hydrogens (tertiary/aromatic N) is 2. The van der Waals surface area contributed by atoms with Crippen LogP contribution in [0.2, 0.25) is 0 Å². The van der Waals surface area contributed by atoms with Gasteiger partial charge in [-0.3, -0.25) is 9.48 Å². The summed E-state index contributed by atoms with van der Waals surface area (Å²) in [5, 5.41) is 6.85. The number of halogens is 2. The van der Waals surface area contributed by atoms with Crippen molar-refractivity contribution in [3.05, 3.63) is 89.2 Å². The summed E-state index contributed by atoms with van der Waals surface area (Å²) < 4.78 is 28.2. The molecule has 3 rings (SSSR count). The third-order valence-corrected chi connectivity index (χ3v) is 3.57. The Hall–Kier alpha value is -3.02. The number of benzene rings is 2. The average molecular weight is 327 g/mol. The van der Waals surface area contributed by atoms with Crippen LogP contribution in [-0.2, 0) is 13.1 Å². The monoisotopic (exact) mass is 327 g/mol. The molecule has 6 heteroatoms. The van der Waals surface area contributed by atoms with Gasteiger partial charge in [-0.25, -0.2) is 8.78 Å². The van der Waals surface area contributed by atoms with Crippen molar-refractivity contribution in [1.82, 2.24) is 15.1 Å². The maximum Gasteiger partial charge on any atom is 0.251 e. The van der Waals surface area contributed by atoms with Gasteiger partial charge in [0.05, 0.1) is 6.54 Å². The first-order chi connectivity index (χ1) is 11.6. The van der Waals surface area contributed by atoms with Crippen LogP contribution in [0.3, 0.4) is 0 Å². The highest BCUT2D eigenvalue weighted by molar-refractivity contribution is 5.94. The second-order valence-corrected chi connectivity index (χ2v) is 5.31. The molecule has 0 aliphatic carbocycles. The fraction of sp³-hybridized carbons (Fsp3) is 0.111. The van der Waals surface area contributed by atoms with Gasteiger partial charge in [-0.05, 0) is 29.3 Å². The maximum atomic E-state index is 13.2. The Morgan fingerprint density at radius 1 is 1.04 bits per heavy atom. The van der Waals surface area contributed by atoms with E-state index in [9.17, 15) is 13.6 Å². The van der Waals surface area contributed by atoms with Crippen molar-refractivity contribution >= 4 is 5.91 Å². The molecule has 0 radical (unpaired) electrons. The molecule has 3 aromatic rings. The van der Waals surface area contributed by atoms with Crippen molar-refractivity contribution in [1.29, 1.82) is 0 Å². The molecule has 1 heterocycles. The number of hydrogen-bond acceptors (Lipinski definition) is 2. The summed E-state index contributed by atoms with van der Waals surface area (Å²) in [5.74, 6) is -2.08. The van der Waals surface area contributed by atoms with E-state index in [-0.39, 0.29) is 12.1 Å². The Morgan fingerprint density at radius 3 is 2.42 bits per heavy atom. The third-order valence-electron chi connectivity index (χ3n) is 3.57. The first-order valence-corrected chi connectivity index (χ1v) is 7.40. The molecule has 1 amide bonds. The fourth-order valence-electron chi connectivity index (χ4n) is 2.42. The van der Waals surface area contributed by atoms with Gasteiger partial charge in [0, 0.05) is 30.6 Å². The van der Waals surface area contributed by atoms with Crippen molar-refractivity contribution in [3.8, 4) is 0 Å². The molecule has 122 valence electrons. The molecule has 0 unspecified atom stereocenters. The van der Waals surface area contributed by atoms with Crippen LogP contribution < -0.4 is 5.32 Å². The van der Waals surface area contributed by atoms with Gasteiger partial charge in [0.15, 0.2) is 0 Å². The lowest BCUT2D eigenvalue weighted by Gasteiger charge is -2.11. The highest BCUT2D eigenvalue weighted by Gasteiger charge is 2.10. The topological polar surface area (TPSA) is 46.9 Å². The lowest BCUT2D eigenvalue weighted by molar-refractivity contribution is 0.0950. The lowest BCUT2D eigenvalue weighted by Crippen LogP contribution is -2.24. The first kappa shape index (κ1) is 15.9. The number of aromatic nitrogens is 2. The van der Waals surface area contributed by atoms with E-state index in [1.807, 2.05) is 36.5 Å². The van der Waals surface area contributed by atoms with Crippen LogP contribution in [0, 0.1) is 11.6 Å². The quantitative estimate of drug-likeness (QED) is 0.782. The van der Waals surface area contributed by atoms with E-state index in [2.05, 4.69) is 10.4 Å². The largest absolute Gasteiger partial charge is 0.348 e. The Bertz CT molecular complexity index is 827. The van der Waals surface area contributed by atoms with Crippen LogP contribution in [0.15, 0.2) is 60.9 Å². The predicted octanol–water partition coefficient (Wildman–Crippen LogP) is 3.14. The third kappa shape index (κ3) is 3.84. The second kappa shape index (κ2) is 7.04. The number of amides is 1. The molecule has 0 aliphatic rings. The molecular weight excluding hydrogens is 312 g/mol. The van der Waals surface area contributed by atoms with Crippen LogP contribution in [0.25, 0.3) is 0 Å². The Kier molecular flexibility index (Phi) is 4.65. The normalized spacial score (nSPS) is 10.6. The van der Waals surface area contributed by atoms with Gasteiger partial charge in [-0.1, -0.05) is 24.3 Å². The van der Waals surface area contributed by atoms with Crippen molar-refractivity contribution < 1.29 is 13.6 Å². The van der Waals surface area contributed by atoms with Gasteiger partial charge in [-0.2, -0.15) is 5.10 Å². The number of nitrogens with one attached hydrogen (secondary N) is 1. The minimum atomic E-state index is -0.778. The van der Waals surface area contributed by atoms with Crippen LogP contribution in [0.1, 0.15) is 21.5 Å². The van der Waals surface area contributed by atoms with Crippen LogP contribution in [0.5, 0.6) is 0 Å². The first-order valence-electron chi connectivity index (χ1n) is 7.40. The zero-order chi connectivity index (χ0) is 16.9. The van der Waals surface area contributed by atoms with Crippen LogP contribution in [0.4, 0.5) is 8.78 Å². The van der Waals surface area contributed by atoms with Crippen LogP contribution >= 0.6 is 0 Å². The number of rotatable bonds is 5. The zero-order valence-corrected chi connectivity index (χ0v) is 12.7. The molecule has 0 aliphatic heterocycles. The van der Waals surface area contributed by atoms with Gasteiger partial charge >= 0.3 is 0 Å². The van der Waals surface area contributed by atoms with Gasteiger partial charge in [0.25, 0.3) is 5.91 Å². The lowest BCUT2D eigenvalue weighted by atomic mass is 10.1. The highest BCUT2D eigenvalue weighted by Crippen LogP contribution is 2.12. The molecule has 0 spiro atoms. The Labute approximate surface area is 137 Å². The fourth-order valence-corrected chi connectivity index (χ4v) is 2.42. The average Bonchev–Trinajstić information content (AvgIpc) is 3.06.